The quantitative estimate of drug-likeness (QED) is 0.579. The summed E-state index contributed by atoms with van der Waals surface area (Å²) in [6.45, 7) is 1.80. The Hall–Kier alpha value is -1.95. The molecule has 1 aromatic carbocycles. The number of nitro groups is 1. The number of rotatable bonds is 1. The lowest BCUT2D eigenvalue weighted by molar-refractivity contribution is -0.384. The first-order valence-electron chi connectivity index (χ1n) is 6.68. The standard InChI is InChI=1S/C14H16N2O4/c1-15-6-4-14(5-7-15)9-12(17)11-8-10(16(18)19)2-3-13(11)20-14/h2-3,8H,4-7,9H2,1H3. The van der Waals surface area contributed by atoms with E-state index >= 15 is 0 Å². The number of hydrogen-bond acceptors (Lipinski definition) is 5. The van der Waals surface area contributed by atoms with Crippen molar-refractivity contribution in [3.8, 4) is 5.75 Å². The van der Waals surface area contributed by atoms with Gasteiger partial charge in [-0.05, 0) is 13.1 Å². The van der Waals surface area contributed by atoms with Gasteiger partial charge in [-0.25, -0.2) is 0 Å². The van der Waals surface area contributed by atoms with Gasteiger partial charge in [-0.2, -0.15) is 0 Å². The Balaban J connectivity index is 1.92. The number of ether oxygens (including phenoxy) is 1. The summed E-state index contributed by atoms with van der Waals surface area (Å²) in [6.07, 6.45) is 1.94. The maximum absolute atomic E-state index is 12.3. The van der Waals surface area contributed by atoms with E-state index in [0.717, 1.165) is 25.9 Å². The van der Waals surface area contributed by atoms with E-state index in [4.69, 9.17) is 4.74 Å². The lowest BCUT2D eigenvalue weighted by atomic mass is 9.82. The third kappa shape index (κ3) is 2.16. The Morgan fingerprint density at radius 1 is 1.35 bits per heavy atom. The van der Waals surface area contributed by atoms with Crippen LogP contribution in [0.5, 0.6) is 5.75 Å². The average molecular weight is 276 g/mol. The molecule has 1 fully saturated rings. The van der Waals surface area contributed by atoms with Crippen molar-refractivity contribution in [1.82, 2.24) is 4.90 Å². The maximum Gasteiger partial charge on any atom is 0.270 e. The second kappa shape index (κ2) is 4.56. The monoisotopic (exact) mass is 276 g/mol. The van der Waals surface area contributed by atoms with E-state index < -0.39 is 10.5 Å². The Bertz CT molecular complexity index is 577. The summed E-state index contributed by atoms with van der Waals surface area (Å²) in [5.41, 5.74) is -0.156. The highest BCUT2D eigenvalue weighted by Crippen LogP contribution is 2.40. The van der Waals surface area contributed by atoms with E-state index in [1.165, 1.54) is 12.1 Å². The number of likely N-dealkylation sites (tertiary alicyclic amines) is 1. The van der Waals surface area contributed by atoms with Crippen molar-refractivity contribution in [3.63, 3.8) is 0 Å². The normalized spacial score (nSPS) is 21.4. The van der Waals surface area contributed by atoms with Crippen LogP contribution in [0.25, 0.3) is 0 Å². The summed E-state index contributed by atoms with van der Waals surface area (Å²) in [4.78, 5) is 24.8. The molecule has 1 spiro atoms. The van der Waals surface area contributed by atoms with Gasteiger partial charge in [-0.1, -0.05) is 0 Å². The SMILES string of the molecule is CN1CCC2(CC1)CC(=O)c1cc([N+](=O)[O-])ccc1O2. The summed E-state index contributed by atoms with van der Waals surface area (Å²) in [5, 5.41) is 10.8. The first-order valence-corrected chi connectivity index (χ1v) is 6.68. The summed E-state index contributed by atoms with van der Waals surface area (Å²) in [7, 11) is 2.05. The highest BCUT2D eigenvalue weighted by Gasteiger charge is 2.42. The van der Waals surface area contributed by atoms with E-state index in [1.54, 1.807) is 6.07 Å². The van der Waals surface area contributed by atoms with E-state index in [9.17, 15) is 14.9 Å². The van der Waals surface area contributed by atoms with Gasteiger partial charge in [0.25, 0.3) is 5.69 Å². The molecule has 0 atom stereocenters. The highest BCUT2D eigenvalue weighted by molar-refractivity contribution is 6.01. The number of ketones is 1. The summed E-state index contributed by atoms with van der Waals surface area (Å²) < 4.78 is 6.04. The Kier molecular flexibility index (Phi) is 2.97. The zero-order valence-corrected chi connectivity index (χ0v) is 11.3. The third-order valence-electron chi connectivity index (χ3n) is 4.18. The number of piperidine rings is 1. The second-order valence-electron chi connectivity index (χ2n) is 5.63. The average Bonchev–Trinajstić information content (AvgIpc) is 2.42. The molecule has 2 aliphatic heterocycles. The molecule has 2 aliphatic rings. The Labute approximate surface area is 116 Å². The number of Topliss-reactive ketones (excluding diaryl/α,β-unsaturated/α-hetero) is 1. The molecule has 3 rings (SSSR count). The zero-order chi connectivity index (χ0) is 14.3. The molecule has 1 saturated heterocycles. The van der Waals surface area contributed by atoms with Gasteiger partial charge in [-0.3, -0.25) is 14.9 Å². The molecule has 0 N–H and O–H groups in total. The summed E-state index contributed by atoms with van der Waals surface area (Å²) in [5.74, 6) is 0.427. The van der Waals surface area contributed by atoms with Crippen LogP contribution >= 0.6 is 0 Å². The van der Waals surface area contributed by atoms with Crippen LogP contribution in [0, 0.1) is 10.1 Å². The molecular formula is C14H16N2O4. The van der Waals surface area contributed by atoms with E-state index in [1.807, 2.05) is 0 Å². The van der Waals surface area contributed by atoms with Gasteiger partial charge < -0.3 is 9.64 Å². The van der Waals surface area contributed by atoms with Crippen LogP contribution in [0.4, 0.5) is 5.69 Å². The van der Waals surface area contributed by atoms with Crippen molar-refractivity contribution in [2.75, 3.05) is 20.1 Å². The number of hydrogen-bond donors (Lipinski definition) is 0. The molecular weight excluding hydrogens is 260 g/mol. The first-order chi connectivity index (χ1) is 9.49. The topological polar surface area (TPSA) is 72.7 Å². The summed E-state index contributed by atoms with van der Waals surface area (Å²) >= 11 is 0. The molecule has 2 heterocycles. The van der Waals surface area contributed by atoms with E-state index in [2.05, 4.69) is 11.9 Å². The molecule has 6 heteroatoms. The van der Waals surface area contributed by atoms with Crippen molar-refractivity contribution >= 4 is 11.5 Å². The Morgan fingerprint density at radius 3 is 2.70 bits per heavy atom. The number of non-ortho nitro benzene ring substituents is 1. The zero-order valence-electron chi connectivity index (χ0n) is 11.3. The fraction of sp³-hybridized carbons (Fsp3) is 0.500. The molecule has 0 unspecified atom stereocenters. The predicted octanol–water partition coefficient (Wildman–Crippen LogP) is 2.02. The molecule has 0 aromatic heterocycles. The number of fused-ring (bicyclic) bond motifs is 1. The van der Waals surface area contributed by atoms with Crippen LogP contribution in [0.2, 0.25) is 0 Å². The van der Waals surface area contributed by atoms with Crippen molar-refractivity contribution in [2.24, 2.45) is 0 Å². The minimum atomic E-state index is -0.493. The van der Waals surface area contributed by atoms with Gasteiger partial charge in [0.15, 0.2) is 5.78 Å². The van der Waals surface area contributed by atoms with Gasteiger partial charge in [0, 0.05) is 38.1 Å². The first kappa shape index (κ1) is 13.1. The third-order valence-corrected chi connectivity index (χ3v) is 4.18. The van der Waals surface area contributed by atoms with Crippen molar-refractivity contribution in [2.45, 2.75) is 24.9 Å². The minimum absolute atomic E-state index is 0.0560. The van der Waals surface area contributed by atoms with Crippen LogP contribution in [-0.4, -0.2) is 41.3 Å². The van der Waals surface area contributed by atoms with Crippen molar-refractivity contribution < 1.29 is 14.5 Å². The molecule has 0 saturated carbocycles. The number of carbonyl (C=O) groups excluding carboxylic acids is 1. The molecule has 0 aliphatic carbocycles. The fourth-order valence-electron chi connectivity index (χ4n) is 2.90. The number of benzene rings is 1. The van der Waals surface area contributed by atoms with Crippen LogP contribution < -0.4 is 4.74 Å². The lowest BCUT2D eigenvalue weighted by Gasteiger charge is -2.43. The van der Waals surface area contributed by atoms with E-state index in [0.29, 0.717) is 17.7 Å². The van der Waals surface area contributed by atoms with E-state index in [-0.39, 0.29) is 11.5 Å². The van der Waals surface area contributed by atoms with Crippen LogP contribution in [0.3, 0.4) is 0 Å². The molecule has 20 heavy (non-hydrogen) atoms. The van der Waals surface area contributed by atoms with Gasteiger partial charge in [0.1, 0.15) is 11.4 Å². The van der Waals surface area contributed by atoms with Crippen LogP contribution in [0.15, 0.2) is 18.2 Å². The van der Waals surface area contributed by atoms with Gasteiger partial charge in [-0.15, -0.1) is 0 Å². The van der Waals surface area contributed by atoms with Crippen LogP contribution in [-0.2, 0) is 0 Å². The minimum Gasteiger partial charge on any atom is -0.486 e. The highest BCUT2D eigenvalue weighted by atomic mass is 16.6. The molecule has 106 valence electrons. The summed E-state index contributed by atoms with van der Waals surface area (Å²) in [6, 6.07) is 4.25. The number of carbonyl (C=O) groups is 1. The molecule has 6 nitrogen and oxygen atoms in total. The number of nitro benzene ring substituents is 1. The van der Waals surface area contributed by atoms with Gasteiger partial charge >= 0.3 is 0 Å². The smallest absolute Gasteiger partial charge is 0.270 e. The molecule has 0 bridgehead atoms. The molecule has 0 amide bonds. The largest absolute Gasteiger partial charge is 0.486 e. The van der Waals surface area contributed by atoms with Crippen molar-refractivity contribution in [3.05, 3.63) is 33.9 Å². The number of nitrogens with zero attached hydrogens (tertiary/aromatic N) is 2. The Morgan fingerprint density at radius 2 is 2.05 bits per heavy atom. The maximum atomic E-state index is 12.3. The molecule has 0 radical (unpaired) electrons. The van der Waals surface area contributed by atoms with Crippen molar-refractivity contribution in [1.29, 1.82) is 0 Å². The van der Waals surface area contributed by atoms with Crippen LogP contribution in [0.1, 0.15) is 29.6 Å². The van der Waals surface area contributed by atoms with Gasteiger partial charge in [0.2, 0.25) is 0 Å². The fourth-order valence-corrected chi connectivity index (χ4v) is 2.90. The van der Waals surface area contributed by atoms with Gasteiger partial charge in [0.05, 0.1) is 16.9 Å². The molecule has 1 aromatic rings. The predicted molar refractivity (Wildman–Crippen MR) is 72.1 cm³/mol. The lowest BCUT2D eigenvalue weighted by Crippen LogP contribution is -2.50. The second-order valence-corrected chi connectivity index (χ2v) is 5.63.